The van der Waals surface area contributed by atoms with Crippen molar-refractivity contribution in [2.24, 2.45) is 0 Å². The Balaban J connectivity index is 2.13. The maximum absolute atomic E-state index is 4.33. The van der Waals surface area contributed by atoms with Crippen molar-refractivity contribution in [3.63, 3.8) is 0 Å². The van der Waals surface area contributed by atoms with E-state index in [0.29, 0.717) is 0 Å². The highest BCUT2D eigenvalue weighted by atomic mass is 15.2. The molecule has 2 aromatic heterocycles. The number of hydrogen-bond acceptors (Lipinski definition) is 3. The normalized spacial score (nSPS) is 10.3. The molecule has 0 fully saturated rings. The molecule has 0 amide bonds. The molecule has 0 unspecified atom stereocenters. The molecule has 0 atom stereocenters. The first-order valence-corrected chi connectivity index (χ1v) is 5.53. The molecule has 0 bridgehead atoms. The maximum atomic E-state index is 4.33. The fourth-order valence-electron chi connectivity index (χ4n) is 1.42. The molecule has 0 aromatic carbocycles. The minimum atomic E-state index is 0.720. The Morgan fingerprint density at radius 3 is 2.69 bits per heavy atom. The van der Waals surface area contributed by atoms with Crippen molar-refractivity contribution in [3.05, 3.63) is 36.9 Å². The second-order valence-corrected chi connectivity index (χ2v) is 3.60. The first-order valence-electron chi connectivity index (χ1n) is 5.53. The molecule has 2 heterocycles. The van der Waals surface area contributed by atoms with Gasteiger partial charge in [0.25, 0.3) is 0 Å². The highest BCUT2D eigenvalue weighted by Crippen LogP contribution is 2.09. The predicted molar refractivity (Wildman–Crippen MR) is 60.4 cm³/mol. The van der Waals surface area contributed by atoms with Gasteiger partial charge in [0.1, 0.15) is 6.20 Å². The third-order valence-corrected chi connectivity index (χ3v) is 2.34. The largest absolute Gasteiger partial charge is 0.237 e. The molecule has 0 spiro atoms. The van der Waals surface area contributed by atoms with E-state index >= 15 is 0 Å². The number of unbranched alkanes of at least 4 members (excludes halogenated alkanes) is 1. The lowest BCUT2D eigenvalue weighted by Crippen LogP contribution is -2.37. The van der Waals surface area contributed by atoms with Gasteiger partial charge in [0.2, 0.25) is 0 Å². The Morgan fingerprint density at radius 1 is 1.25 bits per heavy atom. The van der Waals surface area contributed by atoms with Gasteiger partial charge in [-0.3, -0.25) is 0 Å². The van der Waals surface area contributed by atoms with E-state index in [1.54, 1.807) is 18.5 Å². The second kappa shape index (κ2) is 5.30. The average Bonchev–Trinajstić information content (AvgIpc) is 2.38. The molecule has 4 heteroatoms. The van der Waals surface area contributed by atoms with Crippen molar-refractivity contribution in [1.29, 1.82) is 0 Å². The maximum Gasteiger partial charge on any atom is 0.197 e. The van der Waals surface area contributed by atoms with Crippen LogP contribution in [0.5, 0.6) is 0 Å². The van der Waals surface area contributed by atoms with Crippen molar-refractivity contribution in [2.45, 2.75) is 26.3 Å². The van der Waals surface area contributed by atoms with Crippen LogP contribution >= 0.6 is 0 Å². The van der Waals surface area contributed by atoms with Gasteiger partial charge in [0.15, 0.2) is 18.6 Å². The Hall–Kier alpha value is -1.84. The van der Waals surface area contributed by atoms with Crippen LogP contribution < -0.4 is 4.68 Å². The Kier molecular flexibility index (Phi) is 3.53. The fraction of sp³-hybridized carbons (Fsp3) is 0.333. The number of nitrogens with zero attached hydrogens (tertiary/aromatic N) is 4. The van der Waals surface area contributed by atoms with Crippen molar-refractivity contribution < 1.29 is 4.68 Å². The lowest BCUT2D eigenvalue weighted by Gasteiger charge is -1.97. The highest BCUT2D eigenvalue weighted by Gasteiger charge is 2.05. The van der Waals surface area contributed by atoms with Gasteiger partial charge in [0, 0.05) is 30.4 Å². The molecule has 0 aliphatic rings. The van der Waals surface area contributed by atoms with Gasteiger partial charge in [-0.1, -0.05) is 18.0 Å². The Bertz CT molecular complexity index is 425. The van der Waals surface area contributed by atoms with Gasteiger partial charge in [0.05, 0.1) is 0 Å². The van der Waals surface area contributed by atoms with E-state index in [0.717, 1.165) is 24.4 Å². The van der Waals surface area contributed by atoms with Crippen LogP contribution in [0, 0.1) is 0 Å². The van der Waals surface area contributed by atoms with Crippen molar-refractivity contribution in [1.82, 2.24) is 15.1 Å². The monoisotopic (exact) mass is 215 g/mol. The van der Waals surface area contributed by atoms with Crippen LogP contribution in [-0.4, -0.2) is 15.1 Å². The molecule has 2 aromatic rings. The van der Waals surface area contributed by atoms with Gasteiger partial charge >= 0.3 is 0 Å². The topological polar surface area (TPSA) is 42.5 Å². The molecule has 16 heavy (non-hydrogen) atoms. The fourth-order valence-corrected chi connectivity index (χ4v) is 1.42. The smallest absolute Gasteiger partial charge is 0.197 e. The van der Waals surface area contributed by atoms with Crippen molar-refractivity contribution in [2.75, 3.05) is 0 Å². The molecular weight excluding hydrogens is 200 g/mol. The Morgan fingerprint density at radius 2 is 2.06 bits per heavy atom. The molecule has 82 valence electrons. The number of aromatic nitrogens is 4. The van der Waals surface area contributed by atoms with Crippen LogP contribution in [0.1, 0.15) is 19.8 Å². The molecule has 2 rings (SSSR count). The van der Waals surface area contributed by atoms with E-state index in [1.165, 1.54) is 6.42 Å². The minimum absolute atomic E-state index is 0.720. The quantitative estimate of drug-likeness (QED) is 0.728. The van der Waals surface area contributed by atoms with Crippen LogP contribution in [0.3, 0.4) is 0 Å². The van der Waals surface area contributed by atoms with Gasteiger partial charge in [-0.2, -0.15) is 0 Å². The van der Waals surface area contributed by atoms with E-state index in [-0.39, 0.29) is 0 Å². The third-order valence-electron chi connectivity index (χ3n) is 2.34. The minimum Gasteiger partial charge on any atom is -0.237 e. The summed E-state index contributed by atoms with van der Waals surface area (Å²) in [6.07, 6.45) is 9.59. The van der Waals surface area contributed by atoms with Crippen molar-refractivity contribution in [3.8, 4) is 11.4 Å². The van der Waals surface area contributed by atoms with E-state index < -0.39 is 0 Å². The van der Waals surface area contributed by atoms with Gasteiger partial charge in [-0.05, 0) is 11.2 Å². The van der Waals surface area contributed by atoms with Crippen molar-refractivity contribution >= 4 is 0 Å². The highest BCUT2D eigenvalue weighted by molar-refractivity contribution is 5.51. The SMILES string of the molecule is CCCC[n+]1ccc(-c2ncccn2)cn1. The summed E-state index contributed by atoms with van der Waals surface area (Å²) < 4.78 is 1.94. The first kappa shape index (κ1) is 10.7. The van der Waals surface area contributed by atoms with Crippen LogP contribution in [0.25, 0.3) is 11.4 Å². The van der Waals surface area contributed by atoms with Crippen LogP contribution in [0.15, 0.2) is 36.9 Å². The lowest BCUT2D eigenvalue weighted by atomic mass is 10.3. The zero-order chi connectivity index (χ0) is 11.2. The molecule has 0 aliphatic heterocycles. The molecule has 0 aliphatic carbocycles. The number of aryl methyl sites for hydroxylation is 1. The standard InChI is InChI=1S/C12H15N4/c1-2-3-8-16-9-5-11(10-15-16)12-13-6-4-7-14-12/h4-7,9-10H,2-3,8H2,1H3/q+1. The lowest BCUT2D eigenvalue weighted by molar-refractivity contribution is -0.754. The van der Waals surface area contributed by atoms with E-state index in [2.05, 4.69) is 22.0 Å². The molecule has 0 saturated carbocycles. The van der Waals surface area contributed by atoms with Crippen LogP contribution in [0.4, 0.5) is 0 Å². The van der Waals surface area contributed by atoms with Gasteiger partial charge in [-0.15, -0.1) is 0 Å². The van der Waals surface area contributed by atoms with Crippen LogP contribution in [0.2, 0.25) is 0 Å². The second-order valence-electron chi connectivity index (χ2n) is 3.60. The summed E-state index contributed by atoms with van der Waals surface area (Å²) in [4.78, 5) is 8.36. The Labute approximate surface area is 95.0 Å². The molecule has 4 nitrogen and oxygen atoms in total. The summed E-state index contributed by atoms with van der Waals surface area (Å²) in [6, 6.07) is 3.80. The molecule has 0 radical (unpaired) electrons. The average molecular weight is 215 g/mol. The predicted octanol–water partition coefficient (Wildman–Crippen LogP) is 1.63. The summed E-state index contributed by atoms with van der Waals surface area (Å²) in [5.41, 5.74) is 0.952. The summed E-state index contributed by atoms with van der Waals surface area (Å²) >= 11 is 0. The third kappa shape index (κ3) is 2.59. The molecule has 0 N–H and O–H groups in total. The van der Waals surface area contributed by atoms with E-state index in [4.69, 9.17) is 0 Å². The zero-order valence-corrected chi connectivity index (χ0v) is 9.37. The van der Waals surface area contributed by atoms with E-state index in [9.17, 15) is 0 Å². The van der Waals surface area contributed by atoms with Crippen LogP contribution in [-0.2, 0) is 6.54 Å². The van der Waals surface area contributed by atoms with E-state index in [1.807, 2.05) is 23.1 Å². The van der Waals surface area contributed by atoms with Gasteiger partial charge in [-0.25, -0.2) is 9.97 Å². The zero-order valence-electron chi connectivity index (χ0n) is 9.37. The van der Waals surface area contributed by atoms with Gasteiger partial charge < -0.3 is 0 Å². The first-order chi connectivity index (χ1) is 7.90. The summed E-state index contributed by atoms with van der Waals surface area (Å²) in [6.45, 7) is 3.14. The summed E-state index contributed by atoms with van der Waals surface area (Å²) in [7, 11) is 0. The molecular formula is C12H15N4+. The summed E-state index contributed by atoms with van der Waals surface area (Å²) in [5.74, 6) is 0.720. The summed E-state index contributed by atoms with van der Waals surface area (Å²) in [5, 5.41) is 4.33. The number of hydrogen-bond donors (Lipinski definition) is 0. The molecule has 0 saturated heterocycles. The number of rotatable bonds is 4.